The molecule has 1 amide bonds. The van der Waals surface area contributed by atoms with Crippen LogP contribution in [-0.4, -0.2) is 67.3 Å². The van der Waals surface area contributed by atoms with Gasteiger partial charge in [-0.15, -0.1) is 0 Å². The number of nitrogens with zero attached hydrogens (tertiary/aromatic N) is 3. The first-order valence-corrected chi connectivity index (χ1v) is 6.74. The highest BCUT2D eigenvalue weighted by Crippen LogP contribution is 2.18. The highest BCUT2D eigenvalue weighted by Gasteiger charge is 2.23. The number of nitrogens with one attached hydrogen (secondary N) is 1. The second-order valence-electron chi connectivity index (χ2n) is 4.58. The quantitative estimate of drug-likeness (QED) is 0.828. The summed E-state index contributed by atoms with van der Waals surface area (Å²) in [5.41, 5.74) is 0. The van der Waals surface area contributed by atoms with E-state index in [-0.39, 0.29) is 5.91 Å². The number of rotatable bonds is 5. The molecule has 1 atom stereocenters. The van der Waals surface area contributed by atoms with Crippen LogP contribution in [0.25, 0.3) is 0 Å². The van der Waals surface area contributed by atoms with Gasteiger partial charge in [-0.3, -0.25) is 4.79 Å². The first kappa shape index (κ1) is 15.3. The molecular weight excluding hydrogens is 276 g/mol. The van der Waals surface area contributed by atoms with Gasteiger partial charge in [0.15, 0.2) is 0 Å². The highest BCUT2D eigenvalue weighted by molar-refractivity contribution is 5.83. The van der Waals surface area contributed by atoms with Crippen molar-refractivity contribution in [3.05, 3.63) is 6.07 Å². The third-order valence-corrected chi connectivity index (χ3v) is 3.14. The molecule has 1 saturated heterocycles. The topological polar surface area (TPSA) is 85.8 Å². The second kappa shape index (κ2) is 7.07. The zero-order valence-electron chi connectivity index (χ0n) is 12.5. The summed E-state index contributed by atoms with van der Waals surface area (Å²) in [7, 11) is 3.02. The minimum absolute atomic E-state index is 0.0105. The van der Waals surface area contributed by atoms with E-state index < -0.39 is 6.04 Å². The van der Waals surface area contributed by atoms with Crippen molar-refractivity contribution in [2.24, 2.45) is 0 Å². The Morgan fingerprint density at radius 2 is 1.86 bits per heavy atom. The van der Waals surface area contributed by atoms with Gasteiger partial charge in [0.1, 0.15) is 6.04 Å². The number of carbonyl (C=O) groups excluding carboxylic acids is 1. The van der Waals surface area contributed by atoms with Crippen LogP contribution >= 0.6 is 0 Å². The Labute approximate surface area is 123 Å². The van der Waals surface area contributed by atoms with E-state index in [0.717, 1.165) is 0 Å². The van der Waals surface area contributed by atoms with Crippen LogP contribution in [0.5, 0.6) is 11.8 Å². The number of ether oxygens (including phenoxy) is 3. The lowest BCUT2D eigenvalue weighted by atomic mass is 10.2. The molecule has 0 aliphatic carbocycles. The van der Waals surface area contributed by atoms with Crippen molar-refractivity contribution in [2.75, 3.05) is 45.8 Å². The van der Waals surface area contributed by atoms with Crippen LogP contribution in [0.2, 0.25) is 0 Å². The lowest BCUT2D eigenvalue weighted by molar-refractivity contribution is -0.135. The predicted molar refractivity (Wildman–Crippen MR) is 75.6 cm³/mol. The van der Waals surface area contributed by atoms with Crippen molar-refractivity contribution < 1.29 is 19.0 Å². The average Bonchev–Trinajstić information content (AvgIpc) is 2.54. The number of methoxy groups -OCH3 is 2. The van der Waals surface area contributed by atoms with Crippen LogP contribution < -0.4 is 14.8 Å². The molecule has 0 aromatic carbocycles. The van der Waals surface area contributed by atoms with Crippen LogP contribution in [0, 0.1) is 0 Å². The highest BCUT2D eigenvalue weighted by atomic mass is 16.5. The maximum atomic E-state index is 12.3. The maximum Gasteiger partial charge on any atom is 0.245 e. The van der Waals surface area contributed by atoms with E-state index in [4.69, 9.17) is 14.2 Å². The molecule has 1 aromatic rings. The van der Waals surface area contributed by atoms with E-state index in [1.807, 2.05) is 0 Å². The smallest absolute Gasteiger partial charge is 0.245 e. The van der Waals surface area contributed by atoms with E-state index in [1.54, 1.807) is 17.9 Å². The first-order chi connectivity index (χ1) is 10.1. The summed E-state index contributed by atoms with van der Waals surface area (Å²) >= 11 is 0. The normalized spacial score (nSPS) is 16.2. The summed E-state index contributed by atoms with van der Waals surface area (Å²) in [6.07, 6.45) is 0. The van der Waals surface area contributed by atoms with Crippen molar-refractivity contribution in [1.82, 2.24) is 14.9 Å². The third-order valence-electron chi connectivity index (χ3n) is 3.14. The van der Waals surface area contributed by atoms with E-state index in [0.29, 0.717) is 44.0 Å². The summed E-state index contributed by atoms with van der Waals surface area (Å²) < 4.78 is 15.4. The van der Waals surface area contributed by atoms with Crippen LogP contribution in [0.1, 0.15) is 6.92 Å². The number of hydrogen-bond acceptors (Lipinski definition) is 7. The lowest BCUT2D eigenvalue weighted by Gasteiger charge is -2.29. The molecule has 0 saturated carbocycles. The SMILES string of the molecule is COc1cc(OC)nc(NC(C)C(=O)N2CCOCC2)n1. The molecule has 8 heteroatoms. The fraction of sp³-hybridized carbons (Fsp3) is 0.615. The fourth-order valence-corrected chi connectivity index (χ4v) is 1.99. The van der Waals surface area contributed by atoms with Gasteiger partial charge in [0, 0.05) is 13.1 Å². The Hall–Kier alpha value is -2.09. The van der Waals surface area contributed by atoms with Gasteiger partial charge < -0.3 is 24.4 Å². The Morgan fingerprint density at radius 1 is 1.29 bits per heavy atom. The van der Waals surface area contributed by atoms with Gasteiger partial charge in [0.2, 0.25) is 23.6 Å². The Kier molecular flexibility index (Phi) is 5.15. The maximum absolute atomic E-state index is 12.3. The molecule has 2 rings (SSSR count). The van der Waals surface area contributed by atoms with E-state index in [1.165, 1.54) is 14.2 Å². The van der Waals surface area contributed by atoms with Crippen LogP contribution in [0.15, 0.2) is 6.07 Å². The molecule has 0 radical (unpaired) electrons. The van der Waals surface area contributed by atoms with E-state index in [9.17, 15) is 4.79 Å². The zero-order valence-corrected chi connectivity index (χ0v) is 12.5. The van der Waals surface area contributed by atoms with Gasteiger partial charge in [-0.25, -0.2) is 0 Å². The van der Waals surface area contributed by atoms with E-state index in [2.05, 4.69) is 15.3 Å². The van der Waals surface area contributed by atoms with Crippen molar-refractivity contribution in [2.45, 2.75) is 13.0 Å². The minimum atomic E-state index is -0.445. The van der Waals surface area contributed by atoms with Crippen LogP contribution in [0.3, 0.4) is 0 Å². The Balaban J connectivity index is 2.04. The number of morpholine rings is 1. The molecule has 2 heterocycles. The van der Waals surface area contributed by atoms with E-state index >= 15 is 0 Å². The van der Waals surface area contributed by atoms with Crippen molar-refractivity contribution in [3.63, 3.8) is 0 Å². The number of hydrogen-bond donors (Lipinski definition) is 1. The largest absolute Gasteiger partial charge is 0.481 e. The van der Waals surface area contributed by atoms with Crippen molar-refractivity contribution in [3.8, 4) is 11.8 Å². The van der Waals surface area contributed by atoms with Crippen molar-refractivity contribution >= 4 is 11.9 Å². The van der Waals surface area contributed by atoms with Gasteiger partial charge in [0.25, 0.3) is 0 Å². The molecule has 0 spiro atoms. The molecular formula is C13H20N4O4. The number of amides is 1. The first-order valence-electron chi connectivity index (χ1n) is 6.74. The van der Waals surface area contributed by atoms with Gasteiger partial charge in [0.05, 0.1) is 33.5 Å². The fourth-order valence-electron chi connectivity index (χ4n) is 1.99. The molecule has 21 heavy (non-hydrogen) atoms. The van der Waals surface area contributed by atoms with Gasteiger partial charge in [-0.2, -0.15) is 9.97 Å². The van der Waals surface area contributed by atoms with Crippen LogP contribution in [-0.2, 0) is 9.53 Å². The monoisotopic (exact) mass is 296 g/mol. The van der Waals surface area contributed by atoms with Gasteiger partial charge >= 0.3 is 0 Å². The molecule has 0 bridgehead atoms. The van der Waals surface area contributed by atoms with Crippen LogP contribution in [0.4, 0.5) is 5.95 Å². The molecule has 1 aliphatic rings. The lowest BCUT2D eigenvalue weighted by Crippen LogP contribution is -2.47. The number of anilines is 1. The Morgan fingerprint density at radius 3 is 2.38 bits per heavy atom. The molecule has 1 N–H and O–H groups in total. The Bertz CT molecular complexity index is 469. The summed E-state index contributed by atoms with van der Waals surface area (Å²) in [4.78, 5) is 22.4. The molecule has 1 aromatic heterocycles. The molecule has 1 aliphatic heterocycles. The summed E-state index contributed by atoms with van der Waals surface area (Å²) in [5.74, 6) is 1.02. The van der Waals surface area contributed by atoms with Gasteiger partial charge in [-0.05, 0) is 6.92 Å². The third kappa shape index (κ3) is 3.94. The standard InChI is InChI=1S/C13H20N4O4/c1-9(12(18)17-4-6-21-7-5-17)14-13-15-10(19-2)8-11(16-13)20-3/h8-9H,4-7H2,1-3H3,(H,14,15,16). The number of carbonyl (C=O) groups is 1. The van der Waals surface area contributed by atoms with Gasteiger partial charge in [-0.1, -0.05) is 0 Å². The molecule has 8 nitrogen and oxygen atoms in total. The summed E-state index contributed by atoms with van der Waals surface area (Å²) in [6.45, 7) is 4.12. The van der Waals surface area contributed by atoms with Crippen molar-refractivity contribution in [1.29, 1.82) is 0 Å². The minimum Gasteiger partial charge on any atom is -0.481 e. The summed E-state index contributed by atoms with van der Waals surface area (Å²) in [5, 5.41) is 2.97. The average molecular weight is 296 g/mol. The predicted octanol–water partition coefficient (Wildman–Crippen LogP) is 0.153. The molecule has 1 unspecified atom stereocenters. The second-order valence-corrected chi connectivity index (χ2v) is 4.58. The summed E-state index contributed by atoms with van der Waals surface area (Å²) in [6, 6.07) is 1.12. The molecule has 116 valence electrons. The number of aromatic nitrogens is 2. The zero-order chi connectivity index (χ0) is 15.2. The molecule has 1 fully saturated rings.